The van der Waals surface area contributed by atoms with E-state index in [1.165, 1.54) is 0 Å². The predicted octanol–water partition coefficient (Wildman–Crippen LogP) is 4.11. The van der Waals surface area contributed by atoms with E-state index in [0.717, 1.165) is 38.5 Å². The Labute approximate surface area is 157 Å². The molecule has 0 amide bonds. The highest BCUT2D eigenvalue weighted by Crippen LogP contribution is 2.66. The topological polar surface area (TPSA) is 49.7 Å². The summed E-state index contributed by atoms with van der Waals surface area (Å²) in [6.45, 7) is 4.63. The van der Waals surface area contributed by atoms with Gasteiger partial charge in [-0.3, -0.25) is 0 Å². The molecule has 4 aliphatic rings. The van der Waals surface area contributed by atoms with Gasteiger partial charge in [0.25, 0.3) is 0 Å². The first-order chi connectivity index (χ1) is 12.2. The minimum absolute atomic E-state index is 0.0176. The Hall–Kier alpha value is -0.190. The molecule has 0 spiro atoms. The maximum Gasteiger partial charge on any atom is 0.117 e. The summed E-state index contributed by atoms with van der Waals surface area (Å²) < 4.78 is 21.6. The smallest absolute Gasteiger partial charge is 0.117 e. The Kier molecular flexibility index (Phi) is 4.73. The maximum atomic E-state index is 16.4. The van der Waals surface area contributed by atoms with Crippen molar-refractivity contribution in [2.75, 3.05) is 13.7 Å². The number of hydrogen-bond acceptors (Lipinski definition) is 3. The zero-order valence-corrected chi connectivity index (χ0v) is 16.7. The zero-order chi connectivity index (χ0) is 18.7. The Morgan fingerprint density at radius 3 is 2.54 bits per heavy atom. The van der Waals surface area contributed by atoms with Gasteiger partial charge in [-0.25, -0.2) is 4.39 Å². The Balaban J connectivity index is 1.56. The third-order valence-corrected chi connectivity index (χ3v) is 9.25. The molecule has 2 N–H and O–H groups in total. The summed E-state index contributed by atoms with van der Waals surface area (Å²) in [5, 5.41) is 21.1. The van der Waals surface area contributed by atoms with Gasteiger partial charge in [0, 0.05) is 7.11 Å². The van der Waals surface area contributed by atoms with Gasteiger partial charge >= 0.3 is 0 Å². The van der Waals surface area contributed by atoms with Crippen LogP contribution >= 0.6 is 0 Å². The molecule has 2 unspecified atom stereocenters. The molecule has 26 heavy (non-hydrogen) atoms. The van der Waals surface area contributed by atoms with Crippen molar-refractivity contribution in [2.45, 2.75) is 89.0 Å². The maximum absolute atomic E-state index is 16.4. The van der Waals surface area contributed by atoms with Crippen molar-refractivity contribution in [3.05, 3.63) is 0 Å². The van der Waals surface area contributed by atoms with Crippen LogP contribution < -0.4 is 0 Å². The van der Waals surface area contributed by atoms with Crippen LogP contribution in [0.25, 0.3) is 0 Å². The summed E-state index contributed by atoms with van der Waals surface area (Å²) in [5.74, 6) is 1.54. The molecule has 4 saturated carbocycles. The molecule has 0 radical (unpaired) electrons. The van der Waals surface area contributed by atoms with Crippen LogP contribution in [0.3, 0.4) is 0 Å². The van der Waals surface area contributed by atoms with Crippen LogP contribution in [-0.4, -0.2) is 41.3 Å². The number of aliphatic hydroxyl groups is 2. The second kappa shape index (κ2) is 6.42. The number of aliphatic hydroxyl groups excluding tert-OH is 1. The van der Waals surface area contributed by atoms with E-state index in [4.69, 9.17) is 4.74 Å². The summed E-state index contributed by atoms with van der Waals surface area (Å²) in [7, 11) is 1.62. The van der Waals surface area contributed by atoms with Crippen LogP contribution in [-0.2, 0) is 4.74 Å². The molecule has 0 aromatic heterocycles. The van der Waals surface area contributed by atoms with E-state index in [0.29, 0.717) is 43.6 Å². The van der Waals surface area contributed by atoms with Gasteiger partial charge in [0.05, 0.1) is 18.3 Å². The standard InChI is InChI=1S/C22H37FO3/c1-14(24)17-6-7-18-16-5-4-15-12-21(25,13-26-3)10-11-22(15,23)19(16)8-9-20(17,18)2/h14-19,24-25H,4-13H2,1-3H3/t14?,15-,16+,17+,18+,19?,20-,21-,22-/m1/s1. The average molecular weight is 369 g/mol. The van der Waals surface area contributed by atoms with Crippen molar-refractivity contribution in [3.63, 3.8) is 0 Å². The molecule has 0 aromatic rings. The van der Waals surface area contributed by atoms with Crippen molar-refractivity contribution in [2.24, 2.45) is 35.0 Å². The monoisotopic (exact) mass is 368 g/mol. The Morgan fingerprint density at radius 1 is 1.08 bits per heavy atom. The number of hydrogen-bond donors (Lipinski definition) is 2. The van der Waals surface area contributed by atoms with Crippen molar-refractivity contribution in [1.29, 1.82) is 0 Å². The molecule has 0 heterocycles. The van der Waals surface area contributed by atoms with E-state index >= 15 is 4.39 Å². The molecule has 9 atom stereocenters. The molecule has 0 aliphatic heterocycles. The van der Waals surface area contributed by atoms with E-state index in [9.17, 15) is 10.2 Å². The van der Waals surface area contributed by atoms with Crippen molar-refractivity contribution in [3.8, 4) is 0 Å². The Bertz CT molecular complexity index is 539. The second-order valence-corrected chi connectivity index (χ2v) is 10.4. The first kappa shape index (κ1) is 19.1. The largest absolute Gasteiger partial charge is 0.393 e. The van der Waals surface area contributed by atoms with E-state index < -0.39 is 11.3 Å². The van der Waals surface area contributed by atoms with Gasteiger partial charge in [0.1, 0.15) is 5.67 Å². The molecule has 4 heteroatoms. The molecule has 0 bridgehead atoms. The molecular formula is C22H37FO3. The van der Waals surface area contributed by atoms with Crippen LogP contribution in [0.4, 0.5) is 4.39 Å². The van der Waals surface area contributed by atoms with Crippen LogP contribution in [0.15, 0.2) is 0 Å². The van der Waals surface area contributed by atoms with E-state index in [-0.39, 0.29) is 23.4 Å². The molecule has 4 fully saturated rings. The number of alkyl halides is 1. The fourth-order valence-corrected chi connectivity index (χ4v) is 8.10. The molecular weight excluding hydrogens is 331 g/mol. The normalized spacial score (nSPS) is 54.9. The lowest BCUT2D eigenvalue weighted by molar-refractivity contribution is -0.179. The van der Waals surface area contributed by atoms with E-state index in [1.807, 2.05) is 6.92 Å². The summed E-state index contributed by atoms with van der Waals surface area (Å²) >= 11 is 0. The van der Waals surface area contributed by atoms with Gasteiger partial charge in [-0.05, 0) is 99.7 Å². The Morgan fingerprint density at radius 2 is 1.85 bits per heavy atom. The average Bonchev–Trinajstić information content (AvgIpc) is 2.93. The quantitative estimate of drug-likeness (QED) is 0.788. The third-order valence-electron chi connectivity index (χ3n) is 9.25. The second-order valence-electron chi connectivity index (χ2n) is 10.4. The van der Waals surface area contributed by atoms with Gasteiger partial charge < -0.3 is 14.9 Å². The minimum atomic E-state index is -1.10. The van der Waals surface area contributed by atoms with Crippen LogP contribution in [0.5, 0.6) is 0 Å². The molecule has 4 rings (SSSR count). The number of ether oxygens (including phenoxy) is 1. The molecule has 0 saturated heterocycles. The predicted molar refractivity (Wildman–Crippen MR) is 99.5 cm³/mol. The van der Waals surface area contributed by atoms with Crippen LogP contribution in [0, 0.1) is 35.0 Å². The van der Waals surface area contributed by atoms with Crippen molar-refractivity contribution in [1.82, 2.24) is 0 Å². The molecule has 4 aliphatic carbocycles. The fourth-order valence-electron chi connectivity index (χ4n) is 8.10. The third kappa shape index (κ3) is 2.69. The van der Waals surface area contributed by atoms with E-state index in [1.54, 1.807) is 7.11 Å². The molecule has 3 nitrogen and oxygen atoms in total. The van der Waals surface area contributed by atoms with Gasteiger partial charge in [-0.1, -0.05) is 6.92 Å². The van der Waals surface area contributed by atoms with Gasteiger partial charge in [0.2, 0.25) is 0 Å². The van der Waals surface area contributed by atoms with Crippen molar-refractivity contribution >= 4 is 0 Å². The highest BCUT2D eigenvalue weighted by atomic mass is 19.1. The first-order valence-electron chi connectivity index (χ1n) is 10.8. The number of halogens is 1. The highest BCUT2D eigenvalue weighted by molar-refractivity contribution is 5.13. The zero-order valence-electron chi connectivity index (χ0n) is 16.7. The first-order valence-corrected chi connectivity index (χ1v) is 10.8. The molecule has 0 aromatic carbocycles. The van der Waals surface area contributed by atoms with Gasteiger partial charge in [0.15, 0.2) is 0 Å². The van der Waals surface area contributed by atoms with Gasteiger partial charge in [-0.2, -0.15) is 0 Å². The number of fused-ring (bicyclic) bond motifs is 5. The summed E-state index contributed by atoms with van der Waals surface area (Å²) in [6, 6.07) is 0. The van der Waals surface area contributed by atoms with Crippen molar-refractivity contribution < 1.29 is 19.3 Å². The summed E-state index contributed by atoms with van der Waals surface area (Å²) in [6.07, 6.45) is 7.56. The minimum Gasteiger partial charge on any atom is -0.393 e. The van der Waals surface area contributed by atoms with Gasteiger partial charge in [-0.15, -0.1) is 0 Å². The number of rotatable bonds is 3. The summed E-state index contributed by atoms with van der Waals surface area (Å²) in [5.41, 5.74) is -1.76. The fraction of sp³-hybridized carbons (Fsp3) is 1.00. The number of methoxy groups -OCH3 is 1. The molecule has 150 valence electrons. The SMILES string of the molecule is COC[C@@]1(O)CC[C@]2(F)C3CC[C@]4(C)[C@H](C(C)O)CC[C@H]4[C@@H]3CC[C@@H]2C1. The van der Waals surface area contributed by atoms with Crippen LogP contribution in [0.2, 0.25) is 0 Å². The van der Waals surface area contributed by atoms with Crippen LogP contribution in [0.1, 0.15) is 71.6 Å². The summed E-state index contributed by atoms with van der Waals surface area (Å²) in [4.78, 5) is 0. The van der Waals surface area contributed by atoms with E-state index in [2.05, 4.69) is 6.92 Å². The highest BCUT2D eigenvalue weighted by Gasteiger charge is 2.63. The lowest BCUT2D eigenvalue weighted by Crippen LogP contribution is -2.59. The lowest BCUT2D eigenvalue weighted by Gasteiger charge is -2.59. The lowest BCUT2D eigenvalue weighted by atomic mass is 9.47.